The number of methoxy groups -OCH3 is 1. The van der Waals surface area contributed by atoms with Crippen molar-refractivity contribution >= 4 is 5.91 Å². The molecular formula is C13H26N2O2. The largest absolute Gasteiger partial charge is 0.383 e. The molecule has 4 heteroatoms. The van der Waals surface area contributed by atoms with Gasteiger partial charge in [0.05, 0.1) is 25.4 Å². The molecule has 0 aromatic rings. The van der Waals surface area contributed by atoms with Gasteiger partial charge in [-0.25, -0.2) is 0 Å². The smallest absolute Gasteiger partial charge is 0.238 e. The zero-order valence-corrected chi connectivity index (χ0v) is 11.5. The van der Waals surface area contributed by atoms with Crippen LogP contribution in [0.3, 0.4) is 0 Å². The predicted molar refractivity (Wildman–Crippen MR) is 68.7 cm³/mol. The van der Waals surface area contributed by atoms with Crippen LogP contribution in [-0.2, 0) is 9.53 Å². The first-order chi connectivity index (χ1) is 8.10. The first-order valence-electron chi connectivity index (χ1n) is 6.63. The fourth-order valence-electron chi connectivity index (χ4n) is 2.50. The summed E-state index contributed by atoms with van der Waals surface area (Å²) in [5.74, 6) is 0.803. The second-order valence-corrected chi connectivity index (χ2v) is 5.23. The van der Waals surface area contributed by atoms with E-state index in [9.17, 15) is 4.79 Å². The molecule has 0 bridgehead atoms. The van der Waals surface area contributed by atoms with Gasteiger partial charge in [0, 0.05) is 7.11 Å². The minimum atomic E-state index is 0.189. The number of nitrogens with zero attached hydrogens (tertiary/aromatic N) is 1. The van der Waals surface area contributed by atoms with E-state index in [1.165, 1.54) is 0 Å². The summed E-state index contributed by atoms with van der Waals surface area (Å²) < 4.78 is 5.25. The monoisotopic (exact) mass is 242 g/mol. The average Bonchev–Trinajstić information content (AvgIpc) is 2.59. The Balaban J connectivity index is 2.69. The van der Waals surface area contributed by atoms with Gasteiger partial charge in [-0.1, -0.05) is 27.2 Å². The summed E-state index contributed by atoms with van der Waals surface area (Å²) in [6.45, 7) is 7.63. The van der Waals surface area contributed by atoms with Crippen LogP contribution in [0.5, 0.6) is 0 Å². The zero-order valence-electron chi connectivity index (χ0n) is 11.5. The molecular weight excluding hydrogens is 216 g/mol. The minimum Gasteiger partial charge on any atom is -0.383 e. The Morgan fingerprint density at radius 3 is 2.76 bits per heavy atom. The predicted octanol–water partition coefficient (Wildman–Crippen LogP) is 1.61. The maximum atomic E-state index is 12.0. The molecule has 17 heavy (non-hydrogen) atoms. The highest BCUT2D eigenvalue weighted by atomic mass is 16.5. The van der Waals surface area contributed by atoms with Crippen molar-refractivity contribution in [1.29, 1.82) is 0 Å². The number of hydrogen-bond acceptors (Lipinski definition) is 3. The molecule has 1 heterocycles. The van der Waals surface area contributed by atoms with Crippen LogP contribution >= 0.6 is 0 Å². The van der Waals surface area contributed by atoms with Crippen molar-refractivity contribution in [3.8, 4) is 0 Å². The first-order valence-corrected chi connectivity index (χ1v) is 6.63. The van der Waals surface area contributed by atoms with Crippen molar-refractivity contribution in [2.24, 2.45) is 5.92 Å². The standard InChI is InChI=1S/C13H26N2O2/c1-5-6-11(9-17-4)15-12(7-10(2)3)14-8-13(15)16/h10-12,14H,5-9H2,1-4H3. The van der Waals surface area contributed by atoms with Gasteiger partial charge < -0.3 is 9.64 Å². The highest BCUT2D eigenvalue weighted by molar-refractivity contribution is 5.81. The lowest BCUT2D eigenvalue weighted by Gasteiger charge is -2.33. The Morgan fingerprint density at radius 2 is 2.24 bits per heavy atom. The van der Waals surface area contributed by atoms with Gasteiger partial charge in [-0.3, -0.25) is 10.1 Å². The van der Waals surface area contributed by atoms with Gasteiger partial charge in [-0.2, -0.15) is 0 Å². The van der Waals surface area contributed by atoms with E-state index >= 15 is 0 Å². The Labute approximate surface area is 105 Å². The van der Waals surface area contributed by atoms with Crippen molar-refractivity contribution in [1.82, 2.24) is 10.2 Å². The van der Waals surface area contributed by atoms with Crippen LogP contribution in [0.15, 0.2) is 0 Å². The minimum absolute atomic E-state index is 0.189. The van der Waals surface area contributed by atoms with Crippen LogP contribution in [0.25, 0.3) is 0 Å². The summed E-state index contributed by atoms with van der Waals surface area (Å²) in [4.78, 5) is 14.0. The summed E-state index contributed by atoms with van der Waals surface area (Å²) in [5, 5.41) is 3.31. The maximum absolute atomic E-state index is 12.0. The van der Waals surface area contributed by atoms with Gasteiger partial charge in [-0.15, -0.1) is 0 Å². The Bertz CT molecular complexity index is 238. The summed E-state index contributed by atoms with van der Waals surface area (Å²) >= 11 is 0. The molecule has 4 nitrogen and oxygen atoms in total. The molecule has 100 valence electrons. The molecule has 1 saturated heterocycles. The second kappa shape index (κ2) is 6.97. The van der Waals surface area contributed by atoms with Crippen molar-refractivity contribution in [2.45, 2.75) is 52.2 Å². The molecule has 0 spiro atoms. The molecule has 1 aliphatic heterocycles. The van der Waals surface area contributed by atoms with Crippen LogP contribution in [-0.4, -0.2) is 43.3 Å². The molecule has 1 fully saturated rings. The van der Waals surface area contributed by atoms with Gasteiger partial charge >= 0.3 is 0 Å². The number of hydrogen-bond donors (Lipinski definition) is 1. The first kappa shape index (κ1) is 14.5. The van der Waals surface area contributed by atoms with Crippen molar-refractivity contribution in [3.63, 3.8) is 0 Å². The van der Waals surface area contributed by atoms with E-state index in [0.29, 0.717) is 19.1 Å². The van der Waals surface area contributed by atoms with E-state index in [2.05, 4.69) is 26.1 Å². The van der Waals surface area contributed by atoms with E-state index in [0.717, 1.165) is 19.3 Å². The third-order valence-corrected chi connectivity index (χ3v) is 3.18. The summed E-state index contributed by atoms with van der Waals surface area (Å²) in [6, 6.07) is 0.219. The van der Waals surface area contributed by atoms with Crippen molar-refractivity contribution < 1.29 is 9.53 Å². The van der Waals surface area contributed by atoms with Crippen LogP contribution in [0, 0.1) is 5.92 Å². The van der Waals surface area contributed by atoms with E-state index in [1.54, 1.807) is 7.11 Å². The molecule has 0 radical (unpaired) electrons. The molecule has 2 atom stereocenters. The van der Waals surface area contributed by atoms with Gasteiger partial charge in [0.1, 0.15) is 0 Å². The van der Waals surface area contributed by atoms with Crippen LogP contribution in [0.1, 0.15) is 40.0 Å². The third-order valence-electron chi connectivity index (χ3n) is 3.18. The Morgan fingerprint density at radius 1 is 1.53 bits per heavy atom. The lowest BCUT2D eigenvalue weighted by atomic mass is 10.1. The second-order valence-electron chi connectivity index (χ2n) is 5.23. The number of rotatable bonds is 7. The van der Waals surface area contributed by atoms with Gasteiger partial charge in [-0.05, 0) is 18.8 Å². The maximum Gasteiger partial charge on any atom is 0.238 e. The fraction of sp³-hybridized carbons (Fsp3) is 0.923. The molecule has 1 aliphatic rings. The highest BCUT2D eigenvalue weighted by Gasteiger charge is 2.35. The molecule has 0 saturated carbocycles. The lowest BCUT2D eigenvalue weighted by molar-refractivity contribution is -0.131. The van der Waals surface area contributed by atoms with Crippen LogP contribution < -0.4 is 5.32 Å². The van der Waals surface area contributed by atoms with Gasteiger partial charge in [0.2, 0.25) is 5.91 Å². The fourth-order valence-corrected chi connectivity index (χ4v) is 2.50. The number of carbonyl (C=O) groups is 1. The van der Waals surface area contributed by atoms with E-state index in [4.69, 9.17) is 4.74 Å². The summed E-state index contributed by atoms with van der Waals surface area (Å²) in [6.07, 6.45) is 3.28. The number of nitrogens with one attached hydrogen (secondary N) is 1. The van der Waals surface area contributed by atoms with Gasteiger partial charge in [0.15, 0.2) is 0 Å². The normalized spacial score (nSPS) is 22.5. The van der Waals surface area contributed by atoms with E-state index < -0.39 is 0 Å². The highest BCUT2D eigenvalue weighted by Crippen LogP contribution is 2.19. The Kier molecular flexibility index (Phi) is 5.92. The van der Waals surface area contributed by atoms with Crippen molar-refractivity contribution in [2.75, 3.05) is 20.3 Å². The topological polar surface area (TPSA) is 41.6 Å². The Hall–Kier alpha value is -0.610. The molecule has 1 amide bonds. The molecule has 0 aromatic carbocycles. The molecule has 0 aromatic heterocycles. The zero-order chi connectivity index (χ0) is 12.8. The van der Waals surface area contributed by atoms with Crippen LogP contribution in [0.4, 0.5) is 0 Å². The number of ether oxygens (including phenoxy) is 1. The van der Waals surface area contributed by atoms with E-state index in [1.807, 2.05) is 4.90 Å². The summed E-state index contributed by atoms with van der Waals surface area (Å²) in [7, 11) is 1.70. The third kappa shape index (κ3) is 3.96. The van der Waals surface area contributed by atoms with Crippen molar-refractivity contribution in [3.05, 3.63) is 0 Å². The summed E-state index contributed by atoms with van der Waals surface area (Å²) in [5.41, 5.74) is 0. The van der Waals surface area contributed by atoms with Gasteiger partial charge in [0.25, 0.3) is 0 Å². The molecule has 1 rings (SSSR count). The molecule has 1 N–H and O–H groups in total. The van der Waals surface area contributed by atoms with Crippen LogP contribution in [0.2, 0.25) is 0 Å². The quantitative estimate of drug-likeness (QED) is 0.737. The number of amides is 1. The number of carbonyl (C=O) groups excluding carboxylic acids is 1. The average molecular weight is 242 g/mol. The lowest BCUT2D eigenvalue weighted by Crippen LogP contribution is -2.47. The van der Waals surface area contributed by atoms with E-state index in [-0.39, 0.29) is 18.1 Å². The molecule has 0 aliphatic carbocycles. The molecule has 2 unspecified atom stereocenters. The SMILES string of the molecule is CCCC(COC)N1C(=O)CNC1CC(C)C.